The molecular formula is C25H30ClN3O2S. The molecule has 3 aliphatic heterocycles. The zero-order valence-corrected chi connectivity index (χ0v) is 19.8. The van der Waals surface area contributed by atoms with Gasteiger partial charge in [-0.25, -0.2) is 4.98 Å². The van der Waals surface area contributed by atoms with Crippen LogP contribution in [0.1, 0.15) is 62.0 Å². The Hall–Kier alpha value is -1.63. The summed E-state index contributed by atoms with van der Waals surface area (Å²) in [5, 5.41) is 14.3. The van der Waals surface area contributed by atoms with Crippen molar-refractivity contribution in [2.45, 2.75) is 79.8 Å². The zero-order chi connectivity index (χ0) is 21.9. The van der Waals surface area contributed by atoms with Crippen molar-refractivity contribution in [3.8, 4) is 0 Å². The molecule has 3 unspecified atom stereocenters. The molecule has 6 rings (SSSR count). The first-order valence-corrected chi connectivity index (χ1v) is 13.6. The number of anilines is 2. The van der Waals surface area contributed by atoms with Crippen molar-refractivity contribution in [1.82, 2.24) is 4.98 Å². The highest BCUT2D eigenvalue weighted by molar-refractivity contribution is 7.85. The first-order chi connectivity index (χ1) is 15.5. The second-order valence-corrected chi connectivity index (χ2v) is 12.0. The number of aromatic nitrogens is 1. The molecule has 2 saturated heterocycles. The molecule has 32 heavy (non-hydrogen) atoms. The van der Waals surface area contributed by atoms with E-state index in [0.717, 1.165) is 60.1 Å². The van der Waals surface area contributed by atoms with E-state index in [4.69, 9.17) is 16.6 Å². The molecule has 0 amide bonds. The van der Waals surface area contributed by atoms with Crippen molar-refractivity contribution >= 4 is 34.0 Å². The average molecular weight is 472 g/mol. The van der Waals surface area contributed by atoms with Gasteiger partial charge in [0.1, 0.15) is 11.6 Å². The first-order valence-electron chi connectivity index (χ1n) is 11.9. The minimum Gasteiger partial charge on any atom is -0.394 e. The lowest BCUT2D eigenvalue weighted by atomic mass is 9.77. The Kier molecular flexibility index (Phi) is 5.23. The molecule has 170 valence electrons. The highest BCUT2D eigenvalue weighted by atomic mass is 35.5. The third-order valence-electron chi connectivity index (χ3n) is 8.16. The molecule has 4 heterocycles. The summed E-state index contributed by atoms with van der Waals surface area (Å²) in [5.41, 5.74) is 2.26. The summed E-state index contributed by atoms with van der Waals surface area (Å²) >= 11 is 6.11. The van der Waals surface area contributed by atoms with Gasteiger partial charge in [-0.05, 0) is 86.6 Å². The van der Waals surface area contributed by atoms with E-state index in [1.807, 2.05) is 12.1 Å². The number of aliphatic hydroxyl groups excluding tert-OH is 1. The van der Waals surface area contributed by atoms with Crippen molar-refractivity contribution < 1.29 is 9.32 Å². The molecule has 1 aliphatic carbocycles. The molecule has 3 atom stereocenters. The van der Waals surface area contributed by atoms with Crippen LogP contribution >= 0.6 is 11.6 Å². The van der Waals surface area contributed by atoms with Crippen molar-refractivity contribution in [2.75, 3.05) is 22.6 Å². The summed E-state index contributed by atoms with van der Waals surface area (Å²) in [6, 6.07) is 11.5. The minimum absolute atomic E-state index is 0.0953. The van der Waals surface area contributed by atoms with Gasteiger partial charge in [0.2, 0.25) is 0 Å². The van der Waals surface area contributed by atoms with Gasteiger partial charge in [-0.1, -0.05) is 23.7 Å². The topological polar surface area (TPSA) is 65.5 Å². The molecule has 1 aromatic carbocycles. The Morgan fingerprint density at radius 2 is 1.91 bits per heavy atom. The van der Waals surface area contributed by atoms with Gasteiger partial charge in [-0.2, -0.15) is 0 Å². The molecule has 0 spiro atoms. The fourth-order valence-corrected chi connectivity index (χ4v) is 7.77. The van der Waals surface area contributed by atoms with E-state index >= 15 is 0 Å². The van der Waals surface area contributed by atoms with Gasteiger partial charge in [-0.3, -0.25) is 4.21 Å². The van der Waals surface area contributed by atoms with Gasteiger partial charge in [-0.15, -0.1) is 0 Å². The van der Waals surface area contributed by atoms with Gasteiger partial charge < -0.3 is 15.3 Å². The fourth-order valence-electron chi connectivity index (χ4n) is 6.27. The van der Waals surface area contributed by atoms with Gasteiger partial charge in [0.15, 0.2) is 0 Å². The third kappa shape index (κ3) is 3.46. The summed E-state index contributed by atoms with van der Waals surface area (Å²) in [6.45, 7) is 0.0953. The maximum atomic E-state index is 12.8. The summed E-state index contributed by atoms with van der Waals surface area (Å²) < 4.78 is 12.8. The summed E-state index contributed by atoms with van der Waals surface area (Å²) in [5.74, 6) is 3.02. The Labute approximate surface area is 197 Å². The number of halogens is 1. The summed E-state index contributed by atoms with van der Waals surface area (Å²) in [4.78, 5) is 8.50. The highest BCUT2D eigenvalue weighted by Crippen LogP contribution is 2.47. The molecule has 1 aromatic heterocycles. The Bertz CT molecular complexity index is 1040. The number of piperidine rings is 1. The van der Waals surface area contributed by atoms with Crippen LogP contribution in [0.25, 0.3) is 0 Å². The first kappa shape index (κ1) is 20.9. The molecule has 2 aromatic rings. The maximum absolute atomic E-state index is 12.8. The van der Waals surface area contributed by atoms with E-state index in [1.54, 1.807) is 0 Å². The van der Waals surface area contributed by atoms with Crippen LogP contribution in [-0.2, 0) is 17.2 Å². The van der Waals surface area contributed by atoms with Crippen molar-refractivity contribution in [3.63, 3.8) is 0 Å². The average Bonchev–Trinajstić information content (AvgIpc) is 3.27. The number of fused-ring (bicyclic) bond motifs is 3. The van der Waals surface area contributed by atoms with E-state index < -0.39 is 10.8 Å². The Morgan fingerprint density at radius 1 is 1.19 bits per heavy atom. The lowest BCUT2D eigenvalue weighted by Crippen LogP contribution is -2.49. The molecule has 2 N–H and O–H groups in total. The summed E-state index contributed by atoms with van der Waals surface area (Å²) in [7, 11) is -1.01. The van der Waals surface area contributed by atoms with E-state index in [0.29, 0.717) is 23.8 Å². The number of rotatable bonds is 5. The van der Waals surface area contributed by atoms with Crippen LogP contribution in [-0.4, -0.2) is 44.3 Å². The van der Waals surface area contributed by atoms with E-state index in [9.17, 15) is 9.32 Å². The number of aliphatic hydroxyl groups is 1. The molecule has 4 aliphatic rings. The van der Waals surface area contributed by atoms with Crippen LogP contribution in [0.3, 0.4) is 0 Å². The predicted octanol–water partition coefficient (Wildman–Crippen LogP) is 4.64. The number of hydrogen-bond acceptors (Lipinski definition) is 5. The summed E-state index contributed by atoms with van der Waals surface area (Å²) in [6.07, 6.45) is 8.49. The number of nitrogens with one attached hydrogen (secondary N) is 1. The minimum atomic E-state index is -1.01. The predicted molar refractivity (Wildman–Crippen MR) is 129 cm³/mol. The highest BCUT2D eigenvalue weighted by Gasteiger charge is 2.43. The molecule has 7 heteroatoms. The van der Waals surface area contributed by atoms with Gasteiger partial charge in [0, 0.05) is 22.9 Å². The molecule has 0 radical (unpaired) electrons. The van der Waals surface area contributed by atoms with Gasteiger partial charge in [0.05, 0.1) is 27.8 Å². The van der Waals surface area contributed by atoms with Gasteiger partial charge in [0.25, 0.3) is 0 Å². The largest absolute Gasteiger partial charge is 0.394 e. The van der Waals surface area contributed by atoms with Crippen LogP contribution in [0, 0.1) is 0 Å². The molecule has 1 saturated carbocycles. The zero-order valence-electron chi connectivity index (χ0n) is 18.2. The standard InChI is InChI=1S/C25H30ClN3O2S/c26-19-4-2-16(3-5-19)18-12-20-6-7-21(13-18)29(20)22-14-17-8-11-32(31)23(17)24(27-22)28-25(15-30)9-1-10-25/h2-5,14,18,20-21,30H,1,6-13,15H2,(H,27,28). The monoisotopic (exact) mass is 471 g/mol. The Balaban J connectivity index is 1.31. The van der Waals surface area contributed by atoms with Crippen molar-refractivity contribution in [3.05, 3.63) is 46.5 Å². The van der Waals surface area contributed by atoms with Crippen LogP contribution in [0.4, 0.5) is 11.6 Å². The Morgan fingerprint density at radius 3 is 2.53 bits per heavy atom. The molecular weight excluding hydrogens is 442 g/mol. The van der Waals surface area contributed by atoms with Crippen molar-refractivity contribution in [1.29, 1.82) is 0 Å². The fraction of sp³-hybridized carbons (Fsp3) is 0.560. The number of aryl methyl sites for hydroxylation is 1. The normalized spacial score (nSPS) is 30.1. The van der Waals surface area contributed by atoms with E-state index in [1.165, 1.54) is 24.0 Å². The van der Waals surface area contributed by atoms with Crippen molar-refractivity contribution in [2.24, 2.45) is 0 Å². The third-order valence-corrected chi connectivity index (χ3v) is 9.89. The number of hydrogen-bond donors (Lipinski definition) is 2. The smallest absolute Gasteiger partial charge is 0.145 e. The number of benzene rings is 1. The van der Waals surface area contributed by atoms with E-state index in [2.05, 4.69) is 28.4 Å². The molecule has 3 fully saturated rings. The lowest BCUT2D eigenvalue weighted by molar-refractivity contribution is 0.143. The van der Waals surface area contributed by atoms with Gasteiger partial charge >= 0.3 is 0 Å². The second-order valence-electron chi connectivity index (χ2n) is 10.0. The van der Waals surface area contributed by atoms with Crippen LogP contribution in [0.15, 0.2) is 35.2 Å². The molecule has 2 bridgehead atoms. The maximum Gasteiger partial charge on any atom is 0.145 e. The molecule has 5 nitrogen and oxygen atoms in total. The quantitative estimate of drug-likeness (QED) is 0.665. The lowest BCUT2D eigenvalue weighted by Gasteiger charge is -2.43. The van der Waals surface area contributed by atoms with E-state index in [-0.39, 0.29) is 12.1 Å². The number of pyridine rings is 1. The second kappa shape index (κ2) is 8.00. The SMILES string of the molecule is O=S1CCc2cc(N3C4CCC3CC(c3ccc(Cl)cc3)C4)nc(NC3(CO)CCC3)c21. The van der Waals surface area contributed by atoms with Crippen LogP contribution < -0.4 is 10.2 Å². The van der Waals surface area contributed by atoms with Crippen LogP contribution in [0.5, 0.6) is 0 Å². The van der Waals surface area contributed by atoms with Crippen LogP contribution in [0.2, 0.25) is 5.02 Å². The number of nitrogens with zero attached hydrogens (tertiary/aromatic N) is 2.